The smallest absolute Gasteiger partial charge is 0.129 e. The molecule has 1 aliphatic carbocycles. The molecule has 18 heavy (non-hydrogen) atoms. The minimum atomic E-state index is 0.688. The van der Waals surface area contributed by atoms with Crippen molar-refractivity contribution in [1.29, 1.82) is 0 Å². The molecule has 1 aromatic carbocycles. The number of halogens is 1. The molecule has 1 unspecified atom stereocenters. The van der Waals surface area contributed by atoms with Crippen molar-refractivity contribution in [2.24, 2.45) is 5.92 Å². The second-order valence-corrected chi connectivity index (χ2v) is 5.52. The SMILES string of the molecule is Clc1ccc2nsnc2c1NCC1CC=CCC1. The lowest BCUT2D eigenvalue weighted by Crippen LogP contribution is -2.15. The quantitative estimate of drug-likeness (QED) is 0.859. The van der Waals surface area contributed by atoms with Gasteiger partial charge >= 0.3 is 0 Å². The number of anilines is 1. The fourth-order valence-electron chi connectivity index (χ4n) is 2.28. The van der Waals surface area contributed by atoms with Crippen molar-refractivity contribution in [3.63, 3.8) is 0 Å². The van der Waals surface area contributed by atoms with Gasteiger partial charge < -0.3 is 5.32 Å². The molecule has 3 rings (SSSR count). The number of benzene rings is 1. The van der Waals surface area contributed by atoms with E-state index in [0.29, 0.717) is 5.92 Å². The Morgan fingerprint density at radius 2 is 2.28 bits per heavy atom. The molecule has 1 atom stereocenters. The van der Waals surface area contributed by atoms with E-state index >= 15 is 0 Å². The molecule has 94 valence electrons. The van der Waals surface area contributed by atoms with E-state index < -0.39 is 0 Å². The van der Waals surface area contributed by atoms with Gasteiger partial charge in [-0.15, -0.1) is 0 Å². The van der Waals surface area contributed by atoms with Crippen LogP contribution in [0.25, 0.3) is 11.0 Å². The van der Waals surface area contributed by atoms with Gasteiger partial charge in [-0.25, -0.2) is 0 Å². The minimum absolute atomic E-state index is 0.688. The van der Waals surface area contributed by atoms with Gasteiger partial charge in [0.25, 0.3) is 0 Å². The topological polar surface area (TPSA) is 37.8 Å². The lowest BCUT2D eigenvalue weighted by Gasteiger charge is -2.19. The second-order valence-electron chi connectivity index (χ2n) is 4.59. The first kappa shape index (κ1) is 11.9. The van der Waals surface area contributed by atoms with E-state index in [9.17, 15) is 0 Å². The Balaban J connectivity index is 1.79. The highest BCUT2D eigenvalue weighted by atomic mass is 35.5. The Kier molecular flexibility index (Phi) is 3.48. The van der Waals surface area contributed by atoms with Crippen molar-refractivity contribution in [2.45, 2.75) is 19.3 Å². The summed E-state index contributed by atoms with van der Waals surface area (Å²) in [7, 11) is 0. The molecule has 0 aliphatic heterocycles. The Labute approximate surface area is 115 Å². The van der Waals surface area contributed by atoms with Crippen LogP contribution < -0.4 is 5.32 Å². The van der Waals surface area contributed by atoms with E-state index in [1.165, 1.54) is 24.6 Å². The second kappa shape index (κ2) is 5.24. The first-order chi connectivity index (χ1) is 8.84. The number of hydrogen-bond acceptors (Lipinski definition) is 4. The summed E-state index contributed by atoms with van der Waals surface area (Å²) in [5, 5.41) is 4.17. The van der Waals surface area contributed by atoms with Crippen LogP contribution in [0.3, 0.4) is 0 Å². The largest absolute Gasteiger partial charge is 0.382 e. The van der Waals surface area contributed by atoms with Crippen LogP contribution in [0.4, 0.5) is 5.69 Å². The lowest BCUT2D eigenvalue weighted by molar-refractivity contribution is 0.504. The van der Waals surface area contributed by atoms with Gasteiger partial charge in [-0.1, -0.05) is 23.8 Å². The van der Waals surface area contributed by atoms with Gasteiger partial charge in [0.1, 0.15) is 11.0 Å². The Morgan fingerprint density at radius 3 is 3.11 bits per heavy atom. The third-order valence-corrected chi connectivity index (χ3v) is 4.18. The maximum Gasteiger partial charge on any atom is 0.129 e. The van der Waals surface area contributed by atoms with E-state index in [4.69, 9.17) is 11.6 Å². The summed E-state index contributed by atoms with van der Waals surface area (Å²) in [6, 6.07) is 3.80. The predicted molar refractivity (Wildman–Crippen MR) is 77.4 cm³/mol. The number of nitrogens with one attached hydrogen (secondary N) is 1. The van der Waals surface area contributed by atoms with Crippen molar-refractivity contribution in [2.75, 3.05) is 11.9 Å². The van der Waals surface area contributed by atoms with Gasteiger partial charge in [0.2, 0.25) is 0 Å². The van der Waals surface area contributed by atoms with E-state index in [1.54, 1.807) is 0 Å². The van der Waals surface area contributed by atoms with Gasteiger partial charge in [-0.3, -0.25) is 0 Å². The summed E-state index contributed by atoms with van der Waals surface area (Å²) in [6.45, 7) is 0.945. The molecule has 5 heteroatoms. The molecule has 1 N–H and O–H groups in total. The van der Waals surface area contributed by atoms with Crippen molar-refractivity contribution in [3.8, 4) is 0 Å². The van der Waals surface area contributed by atoms with Crippen molar-refractivity contribution >= 4 is 40.0 Å². The fourth-order valence-corrected chi connectivity index (χ4v) is 3.04. The molecule has 1 aromatic heterocycles. The number of aromatic nitrogens is 2. The zero-order chi connectivity index (χ0) is 12.4. The molecule has 0 radical (unpaired) electrons. The average Bonchev–Trinajstić information content (AvgIpc) is 2.87. The van der Waals surface area contributed by atoms with Gasteiger partial charge in [0, 0.05) is 6.54 Å². The molecule has 0 fully saturated rings. The number of fused-ring (bicyclic) bond motifs is 1. The summed E-state index contributed by atoms with van der Waals surface area (Å²) in [5.74, 6) is 0.688. The molecule has 0 saturated heterocycles. The summed E-state index contributed by atoms with van der Waals surface area (Å²) in [6.07, 6.45) is 8.10. The number of allylic oxidation sites excluding steroid dienone is 2. The molecule has 0 saturated carbocycles. The predicted octanol–water partition coefficient (Wildman–Crippen LogP) is 4.11. The highest BCUT2D eigenvalue weighted by Gasteiger charge is 2.13. The van der Waals surface area contributed by atoms with E-state index in [2.05, 4.69) is 26.2 Å². The lowest BCUT2D eigenvalue weighted by atomic mass is 9.94. The third-order valence-electron chi connectivity index (χ3n) is 3.32. The number of nitrogens with zero attached hydrogens (tertiary/aromatic N) is 2. The van der Waals surface area contributed by atoms with Crippen LogP contribution in [0.2, 0.25) is 5.02 Å². The molecule has 3 nitrogen and oxygen atoms in total. The number of hydrogen-bond donors (Lipinski definition) is 1. The number of rotatable bonds is 3. The van der Waals surface area contributed by atoms with E-state index in [-0.39, 0.29) is 0 Å². The molecule has 1 heterocycles. The zero-order valence-electron chi connectivity index (χ0n) is 9.90. The summed E-state index contributed by atoms with van der Waals surface area (Å²) in [5.41, 5.74) is 2.73. The fraction of sp³-hybridized carbons (Fsp3) is 0.385. The molecule has 0 bridgehead atoms. The zero-order valence-corrected chi connectivity index (χ0v) is 11.5. The summed E-state index contributed by atoms with van der Waals surface area (Å²) < 4.78 is 8.55. The van der Waals surface area contributed by atoms with Gasteiger partial charge in [-0.05, 0) is 37.3 Å². The molecule has 2 aromatic rings. The Morgan fingerprint density at radius 1 is 1.33 bits per heavy atom. The van der Waals surface area contributed by atoms with Gasteiger partial charge in [-0.2, -0.15) is 8.75 Å². The monoisotopic (exact) mass is 279 g/mol. The normalized spacial score (nSPS) is 19.3. The molecular formula is C13H14ClN3S. The molecule has 0 amide bonds. The summed E-state index contributed by atoms with van der Waals surface area (Å²) >= 11 is 7.47. The van der Waals surface area contributed by atoms with Gasteiger partial charge in [0.05, 0.1) is 22.4 Å². The van der Waals surface area contributed by atoms with E-state index in [0.717, 1.165) is 34.7 Å². The van der Waals surface area contributed by atoms with Crippen LogP contribution in [0.1, 0.15) is 19.3 Å². The van der Waals surface area contributed by atoms with Crippen LogP contribution in [0, 0.1) is 5.92 Å². The van der Waals surface area contributed by atoms with Crippen LogP contribution >= 0.6 is 23.3 Å². The highest BCUT2D eigenvalue weighted by molar-refractivity contribution is 7.00. The van der Waals surface area contributed by atoms with Crippen molar-refractivity contribution in [1.82, 2.24) is 8.75 Å². The van der Waals surface area contributed by atoms with Crippen LogP contribution in [-0.4, -0.2) is 15.3 Å². The standard InChI is InChI=1S/C13H14ClN3S/c14-10-6-7-11-13(17-18-16-11)12(10)15-8-9-4-2-1-3-5-9/h1-2,6-7,9,15H,3-5,8H2. The van der Waals surface area contributed by atoms with E-state index in [1.807, 2.05) is 12.1 Å². The first-order valence-electron chi connectivity index (χ1n) is 6.14. The van der Waals surface area contributed by atoms with Crippen LogP contribution in [-0.2, 0) is 0 Å². The molecule has 1 aliphatic rings. The third kappa shape index (κ3) is 2.35. The minimum Gasteiger partial charge on any atom is -0.382 e. The van der Waals surface area contributed by atoms with Crippen molar-refractivity contribution < 1.29 is 0 Å². The van der Waals surface area contributed by atoms with Gasteiger partial charge in [0.15, 0.2) is 0 Å². The maximum atomic E-state index is 6.24. The van der Waals surface area contributed by atoms with Crippen LogP contribution in [0.15, 0.2) is 24.3 Å². The Hall–Kier alpha value is -1.13. The van der Waals surface area contributed by atoms with Crippen molar-refractivity contribution in [3.05, 3.63) is 29.3 Å². The summed E-state index contributed by atoms with van der Waals surface area (Å²) in [4.78, 5) is 0. The average molecular weight is 280 g/mol. The Bertz CT molecular complexity index is 579. The molecular weight excluding hydrogens is 266 g/mol. The maximum absolute atomic E-state index is 6.24. The van der Waals surface area contributed by atoms with Crippen LogP contribution in [0.5, 0.6) is 0 Å². The highest BCUT2D eigenvalue weighted by Crippen LogP contribution is 2.30. The molecule has 0 spiro atoms. The first-order valence-corrected chi connectivity index (χ1v) is 7.25.